The molecule has 0 saturated heterocycles. The summed E-state index contributed by atoms with van der Waals surface area (Å²) in [5, 5.41) is 23.2. The van der Waals surface area contributed by atoms with Crippen molar-refractivity contribution in [1.82, 2.24) is 5.32 Å². The van der Waals surface area contributed by atoms with Crippen LogP contribution in [0.15, 0.2) is 12.2 Å². The number of aliphatic hydroxyl groups is 2. The normalized spacial score (nSPS) is 12.6. The first-order chi connectivity index (χ1) is 35.5. The lowest BCUT2D eigenvalue weighted by molar-refractivity contribution is -0.143. The molecule has 0 saturated carbocycles. The van der Waals surface area contributed by atoms with E-state index >= 15 is 0 Å². The van der Waals surface area contributed by atoms with Crippen LogP contribution in [-0.4, -0.2) is 47.4 Å². The van der Waals surface area contributed by atoms with Gasteiger partial charge in [-0.15, -0.1) is 0 Å². The summed E-state index contributed by atoms with van der Waals surface area (Å²) < 4.78 is 5.49. The van der Waals surface area contributed by atoms with Crippen LogP contribution >= 0.6 is 0 Å². The predicted octanol–water partition coefficient (Wildman–Crippen LogP) is 20.8. The van der Waals surface area contributed by atoms with E-state index in [1.54, 1.807) is 0 Å². The van der Waals surface area contributed by atoms with Crippen molar-refractivity contribution in [3.8, 4) is 0 Å². The van der Waals surface area contributed by atoms with Crippen molar-refractivity contribution in [1.29, 1.82) is 0 Å². The van der Waals surface area contributed by atoms with Gasteiger partial charge >= 0.3 is 5.97 Å². The predicted molar refractivity (Wildman–Crippen MR) is 315 cm³/mol. The Hall–Kier alpha value is -1.40. The average Bonchev–Trinajstić information content (AvgIpc) is 3.38. The highest BCUT2D eigenvalue weighted by atomic mass is 16.5. The third kappa shape index (κ3) is 57.9. The molecule has 72 heavy (non-hydrogen) atoms. The van der Waals surface area contributed by atoms with E-state index < -0.39 is 12.1 Å². The van der Waals surface area contributed by atoms with Crippen LogP contribution in [0, 0.1) is 0 Å². The summed E-state index contributed by atoms with van der Waals surface area (Å²) >= 11 is 0. The van der Waals surface area contributed by atoms with Gasteiger partial charge in [-0.1, -0.05) is 321 Å². The number of esters is 1. The molecule has 0 rings (SSSR count). The highest BCUT2D eigenvalue weighted by Gasteiger charge is 2.20. The minimum Gasteiger partial charge on any atom is -0.466 e. The van der Waals surface area contributed by atoms with E-state index in [0.29, 0.717) is 25.9 Å². The van der Waals surface area contributed by atoms with Crippen molar-refractivity contribution < 1.29 is 24.5 Å². The fourth-order valence-corrected chi connectivity index (χ4v) is 10.5. The largest absolute Gasteiger partial charge is 0.466 e. The Bertz CT molecular complexity index is 1080. The number of amides is 1. The lowest BCUT2D eigenvalue weighted by Crippen LogP contribution is -2.45. The van der Waals surface area contributed by atoms with Crippen molar-refractivity contribution in [2.24, 2.45) is 0 Å². The fourth-order valence-electron chi connectivity index (χ4n) is 10.5. The molecule has 0 aromatic heterocycles. The number of rotatable bonds is 62. The Morgan fingerprint density at radius 3 is 0.986 bits per heavy atom. The SMILES string of the molecule is CCCCCCCCCCCCCCCCC(=O)OCCCCCCCCCCCCCC/C=C\CCCCCCCCCCCCCCCC(=O)NC(CO)C(O)CCCCCCCCCCCCCC. The summed E-state index contributed by atoms with van der Waals surface area (Å²) in [7, 11) is 0. The highest BCUT2D eigenvalue weighted by Crippen LogP contribution is 2.18. The van der Waals surface area contributed by atoms with E-state index in [4.69, 9.17) is 4.74 Å². The maximum absolute atomic E-state index is 12.5. The number of aliphatic hydroxyl groups excluding tert-OH is 2. The van der Waals surface area contributed by atoms with Crippen LogP contribution in [-0.2, 0) is 14.3 Å². The summed E-state index contributed by atoms with van der Waals surface area (Å²) in [6.07, 6.45) is 75.3. The van der Waals surface area contributed by atoms with Crippen molar-refractivity contribution in [3.63, 3.8) is 0 Å². The average molecular weight is 1020 g/mol. The third-order valence-electron chi connectivity index (χ3n) is 15.6. The number of ether oxygens (including phenoxy) is 1. The molecule has 0 spiro atoms. The topological polar surface area (TPSA) is 95.9 Å². The van der Waals surface area contributed by atoms with Crippen LogP contribution in [0.3, 0.4) is 0 Å². The molecule has 0 bridgehead atoms. The first-order valence-corrected chi connectivity index (χ1v) is 32.9. The number of hydrogen-bond donors (Lipinski definition) is 3. The second kappa shape index (κ2) is 62.1. The molecular formula is C66H129NO5. The minimum atomic E-state index is -0.662. The number of unbranched alkanes of at least 4 members (excludes halogenated alkanes) is 49. The molecule has 0 aromatic rings. The second-order valence-electron chi connectivity index (χ2n) is 22.8. The molecule has 0 heterocycles. The number of nitrogens with one attached hydrogen (secondary N) is 1. The van der Waals surface area contributed by atoms with E-state index in [-0.39, 0.29) is 18.5 Å². The summed E-state index contributed by atoms with van der Waals surface area (Å²) in [6.45, 7) is 4.98. The zero-order valence-electron chi connectivity index (χ0n) is 48.9. The molecule has 0 aliphatic heterocycles. The Morgan fingerprint density at radius 2 is 0.653 bits per heavy atom. The minimum absolute atomic E-state index is 0.0194. The van der Waals surface area contributed by atoms with Gasteiger partial charge in [-0.05, 0) is 51.4 Å². The van der Waals surface area contributed by atoms with Crippen LogP contribution < -0.4 is 5.32 Å². The fraction of sp³-hybridized carbons (Fsp3) is 0.939. The van der Waals surface area contributed by atoms with E-state index in [0.717, 1.165) is 38.5 Å². The number of hydrogen-bond acceptors (Lipinski definition) is 5. The van der Waals surface area contributed by atoms with E-state index in [2.05, 4.69) is 31.3 Å². The Kier molecular flexibility index (Phi) is 60.9. The lowest BCUT2D eigenvalue weighted by atomic mass is 10.0. The molecular weight excluding hydrogens is 887 g/mol. The molecule has 2 atom stereocenters. The van der Waals surface area contributed by atoms with E-state index in [1.807, 2.05) is 0 Å². The van der Waals surface area contributed by atoms with Crippen molar-refractivity contribution >= 4 is 11.9 Å². The Labute approximate surface area is 450 Å². The van der Waals surface area contributed by atoms with Gasteiger partial charge in [0.05, 0.1) is 25.4 Å². The third-order valence-corrected chi connectivity index (χ3v) is 15.6. The van der Waals surface area contributed by atoms with Gasteiger partial charge in [0.2, 0.25) is 5.91 Å². The molecule has 428 valence electrons. The van der Waals surface area contributed by atoms with Crippen molar-refractivity contribution in [3.05, 3.63) is 12.2 Å². The van der Waals surface area contributed by atoms with Crippen LogP contribution in [0.25, 0.3) is 0 Å². The van der Waals surface area contributed by atoms with Gasteiger partial charge in [0.1, 0.15) is 0 Å². The zero-order chi connectivity index (χ0) is 52.2. The molecule has 6 nitrogen and oxygen atoms in total. The summed E-state index contributed by atoms with van der Waals surface area (Å²) in [4.78, 5) is 24.5. The zero-order valence-corrected chi connectivity index (χ0v) is 48.9. The van der Waals surface area contributed by atoms with Crippen LogP contribution in [0.4, 0.5) is 0 Å². The van der Waals surface area contributed by atoms with Crippen molar-refractivity contribution in [2.75, 3.05) is 13.2 Å². The van der Waals surface area contributed by atoms with Gasteiger partial charge in [-0.25, -0.2) is 0 Å². The molecule has 0 radical (unpaired) electrons. The smallest absolute Gasteiger partial charge is 0.305 e. The Balaban J connectivity index is 3.34. The number of allylic oxidation sites excluding steroid dienone is 2. The van der Waals surface area contributed by atoms with Gasteiger partial charge in [-0.2, -0.15) is 0 Å². The molecule has 3 N–H and O–H groups in total. The molecule has 6 heteroatoms. The van der Waals surface area contributed by atoms with E-state index in [9.17, 15) is 19.8 Å². The number of carbonyl (C=O) groups is 2. The highest BCUT2D eigenvalue weighted by molar-refractivity contribution is 5.76. The van der Waals surface area contributed by atoms with Gasteiger partial charge in [0.15, 0.2) is 0 Å². The van der Waals surface area contributed by atoms with Crippen LogP contribution in [0.5, 0.6) is 0 Å². The van der Waals surface area contributed by atoms with Gasteiger partial charge < -0.3 is 20.3 Å². The molecule has 2 unspecified atom stereocenters. The summed E-state index contributed by atoms with van der Waals surface area (Å²) in [6, 6.07) is -0.539. The maximum Gasteiger partial charge on any atom is 0.305 e. The molecule has 0 aromatic carbocycles. The first-order valence-electron chi connectivity index (χ1n) is 32.9. The first kappa shape index (κ1) is 70.6. The summed E-state index contributed by atoms with van der Waals surface area (Å²) in [5.74, 6) is -0.0132. The second-order valence-corrected chi connectivity index (χ2v) is 22.8. The standard InChI is InChI=1S/C66H129NO5/c1-3-5-7-9-11-13-15-17-36-40-44-48-52-56-60-66(71)72-61-57-53-49-45-41-37-34-32-30-28-26-24-22-20-18-19-21-23-25-27-29-31-33-35-39-43-47-51-55-59-65(70)67-63(62-68)64(69)58-54-50-46-42-38-16-14-12-10-8-6-4-2/h18,20,63-64,68-69H,3-17,19,21-62H2,1-2H3,(H,67,70)/b20-18-. The molecule has 0 fully saturated rings. The van der Waals surface area contributed by atoms with Crippen LogP contribution in [0.1, 0.15) is 373 Å². The summed E-state index contributed by atoms with van der Waals surface area (Å²) in [5.41, 5.74) is 0. The lowest BCUT2D eigenvalue weighted by Gasteiger charge is -2.22. The van der Waals surface area contributed by atoms with Crippen molar-refractivity contribution in [2.45, 2.75) is 386 Å². The monoisotopic (exact) mass is 1020 g/mol. The van der Waals surface area contributed by atoms with Crippen LogP contribution in [0.2, 0.25) is 0 Å². The molecule has 0 aliphatic rings. The Morgan fingerprint density at radius 1 is 0.375 bits per heavy atom. The maximum atomic E-state index is 12.5. The van der Waals surface area contributed by atoms with Gasteiger partial charge in [0.25, 0.3) is 0 Å². The quantitative estimate of drug-likeness (QED) is 0.0320. The number of carbonyl (C=O) groups excluding carboxylic acids is 2. The van der Waals surface area contributed by atoms with Gasteiger partial charge in [-0.3, -0.25) is 9.59 Å². The van der Waals surface area contributed by atoms with E-state index in [1.165, 1.54) is 302 Å². The molecule has 0 aliphatic carbocycles. The van der Waals surface area contributed by atoms with Gasteiger partial charge in [0, 0.05) is 12.8 Å². The molecule has 1 amide bonds.